The maximum atomic E-state index is 9.76. The van der Waals surface area contributed by atoms with E-state index < -0.39 is 5.97 Å². The van der Waals surface area contributed by atoms with Crippen molar-refractivity contribution in [3.8, 4) is 0 Å². The highest BCUT2D eigenvalue weighted by molar-refractivity contribution is 5.72. The van der Waals surface area contributed by atoms with Crippen LogP contribution in [0.25, 0.3) is 0 Å². The molecule has 0 spiro atoms. The molecule has 0 heterocycles. The highest BCUT2D eigenvalue weighted by Crippen LogP contribution is 2.28. The fraction of sp³-hybridized carbons (Fsp3) is 0.364. The van der Waals surface area contributed by atoms with Gasteiger partial charge in [0.25, 0.3) is 0 Å². The lowest BCUT2D eigenvalue weighted by atomic mass is 10.2. The molecule has 14 heavy (non-hydrogen) atoms. The number of benzene rings is 1. The second kappa shape index (κ2) is 5.40. The molecule has 0 aromatic heterocycles. The molecule has 0 aliphatic heterocycles. The van der Waals surface area contributed by atoms with E-state index in [1.165, 1.54) is 5.56 Å². The molecular weight excluding hydrogens is 178 g/mol. The quantitative estimate of drug-likeness (QED) is 0.750. The number of hydrogen-bond acceptors (Lipinski definition) is 2. The van der Waals surface area contributed by atoms with Gasteiger partial charge in [-0.3, -0.25) is 4.79 Å². The molecule has 0 unspecified atom stereocenters. The summed E-state index contributed by atoms with van der Waals surface area (Å²) in [6, 6.07) is 9.99. The van der Waals surface area contributed by atoms with Gasteiger partial charge in [-0.25, -0.2) is 0 Å². The van der Waals surface area contributed by atoms with Crippen LogP contribution in [0.4, 0.5) is 0 Å². The van der Waals surface area contributed by atoms with Crippen molar-refractivity contribution in [3.05, 3.63) is 35.9 Å². The Kier molecular flexibility index (Phi) is 4.13. The van der Waals surface area contributed by atoms with E-state index >= 15 is 0 Å². The third-order valence-corrected chi connectivity index (χ3v) is 2.01. The third-order valence-electron chi connectivity index (χ3n) is 2.01. The summed E-state index contributed by atoms with van der Waals surface area (Å²) in [6.45, 7) is 0.640. The molecule has 1 saturated carbocycles. The number of aliphatic carboxylic acids is 1. The molecule has 1 aliphatic carbocycles. The van der Waals surface area contributed by atoms with Crippen molar-refractivity contribution in [2.75, 3.05) is 0 Å². The average molecular weight is 193 g/mol. The van der Waals surface area contributed by atoms with Gasteiger partial charge in [-0.15, -0.1) is 0 Å². The first kappa shape index (κ1) is 10.7. The predicted molar refractivity (Wildman–Crippen MR) is 54.7 cm³/mol. The summed E-state index contributed by atoms with van der Waals surface area (Å²) in [4.78, 5) is 9.76. The first-order valence-electron chi connectivity index (χ1n) is 4.71. The van der Waals surface area contributed by atoms with Crippen LogP contribution in [-0.2, 0) is 11.3 Å². The minimum Gasteiger partial charge on any atom is -0.481 e. The van der Waals surface area contributed by atoms with Gasteiger partial charge in [-0.1, -0.05) is 30.3 Å². The zero-order valence-corrected chi connectivity index (χ0v) is 8.02. The van der Waals surface area contributed by atoms with Gasteiger partial charge in [0.2, 0.25) is 0 Å². The minimum absolute atomic E-state index is 0.0185. The number of carboxylic acids is 1. The molecule has 3 N–H and O–H groups in total. The third kappa shape index (κ3) is 4.05. The molecule has 0 atom stereocenters. The smallest absolute Gasteiger partial charge is 0.306 e. The van der Waals surface area contributed by atoms with Crippen LogP contribution in [0, 0.1) is 5.92 Å². The Morgan fingerprint density at radius 1 is 1.36 bits per heavy atom. The number of carboxylic acid groups (broad SMARTS) is 1. The molecule has 1 aliphatic rings. The maximum Gasteiger partial charge on any atom is 0.306 e. The van der Waals surface area contributed by atoms with Gasteiger partial charge in [0.05, 0.1) is 5.92 Å². The van der Waals surface area contributed by atoms with Crippen LogP contribution >= 0.6 is 0 Å². The van der Waals surface area contributed by atoms with Gasteiger partial charge in [0, 0.05) is 6.54 Å². The van der Waals surface area contributed by atoms with E-state index in [1.54, 1.807) is 0 Å². The summed E-state index contributed by atoms with van der Waals surface area (Å²) >= 11 is 0. The van der Waals surface area contributed by atoms with E-state index in [-0.39, 0.29) is 5.92 Å². The molecule has 0 bridgehead atoms. The molecule has 1 fully saturated rings. The lowest BCUT2D eigenvalue weighted by molar-refractivity contribution is -0.138. The first-order valence-corrected chi connectivity index (χ1v) is 4.71. The molecule has 1 aromatic rings. The highest BCUT2D eigenvalue weighted by atomic mass is 16.4. The molecule has 0 saturated heterocycles. The average Bonchev–Trinajstić information content (AvgIpc) is 3.03. The fourth-order valence-corrected chi connectivity index (χ4v) is 0.944. The summed E-state index contributed by atoms with van der Waals surface area (Å²) < 4.78 is 0. The van der Waals surface area contributed by atoms with E-state index in [1.807, 2.05) is 30.3 Å². The zero-order valence-electron chi connectivity index (χ0n) is 8.02. The lowest BCUT2D eigenvalue weighted by Crippen LogP contribution is -1.94. The lowest BCUT2D eigenvalue weighted by Gasteiger charge is -1.90. The monoisotopic (exact) mass is 193 g/mol. The first-order chi connectivity index (χ1) is 6.74. The van der Waals surface area contributed by atoms with Gasteiger partial charge >= 0.3 is 5.97 Å². The van der Waals surface area contributed by atoms with Crippen molar-refractivity contribution in [2.24, 2.45) is 11.7 Å². The molecule has 3 nitrogen and oxygen atoms in total. The Labute approximate surface area is 83.6 Å². The van der Waals surface area contributed by atoms with Crippen LogP contribution in [0.5, 0.6) is 0 Å². The van der Waals surface area contributed by atoms with Crippen molar-refractivity contribution in [3.63, 3.8) is 0 Å². The van der Waals surface area contributed by atoms with E-state index in [0.717, 1.165) is 12.8 Å². The normalized spacial score (nSPS) is 14.1. The Morgan fingerprint density at radius 3 is 2.14 bits per heavy atom. The molecule has 0 amide bonds. The largest absolute Gasteiger partial charge is 0.481 e. The molecule has 76 valence electrons. The minimum atomic E-state index is -0.630. The number of nitrogens with two attached hydrogens (primary N) is 1. The maximum absolute atomic E-state index is 9.76. The van der Waals surface area contributed by atoms with E-state index in [4.69, 9.17) is 10.8 Å². The van der Waals surface area contributed by atoms with Crippen molar-refractivity contribution in [2.45, 2.75) is 19.4 Å². The fourth-order valence-electron chi connectivity index (χ4n) is 0.944. The van der Waals surface area contributed by atoms with Crippen LogP contribution in [-0.4, -0.2) is 11.1 Å². The molecule has 3 heteroatoms. The van der Waals surface area contributed by atoms with Crippen LogP contribution in [0.1, 0.15) is 18.4 Å². The van der Waals surface area contributed by atoms with Crippen LogP contribution in [0.2, 0.25) is 0 Å². The second-order valence-electron chi connectivity index (χ2n) is 3.30. The van der Waals surface area contributed by atoms with Crippen LogP contribution < -0.4 is 5.73 Å². The number of hydrogen-bond donors (Lipinski definition) is 2. The summed E-state index contributed by atoms with van der Waals surface area (Å²) in [7, 11) is 0. The van der Waals surface area contributed by atoms with Crippen LogP contribution in [0.15, 0.2) is 30.3 Å². The topological polar surface area (TPSA) is 63.3 Å². The van der Waals surface area contributed by atoms with Crippen molar-refractivity contribution in [1.82, 2.24) is 0 Å². The van der Waals surface area contributed by atoms with Crippen LogP contribution in [0.3, 0.4) is 0 Å². The van der Waals surface area contributed by atoms with Crippen molar-refractivity contribution in [1.29, 1.82) is 0 Å². The van der Waals surface area contributed by atoms with E-state index in [9.17, 15) is 4.79 Å². The molecule has 2 rings (SSSR count). The van der Waals surface area contributed by atoms with Gasteiger partial charge in [0.1, 0.15) is 0 Å². The SMILES string of the molecule is NCc1ccccc1.O=C(O)C1CC1. The van der Waals surface area contributed by atoms with E-state index in [0.29, 0.717) is 6.54 Å². The summed E-state index contributed by atoms with van der Waals surface area (Å²) in [5, 5.41) is 8.05. The van der Waals surface area contributed by atoms with Gasteiger partial charge in [-0.2, -0.15) is 0 Å². The standard InChI is InChI=1S/C7H9N.C4H6O2/c8-6-7-4-2-1-3-5-7;5-4(6)3-1-2-3/h1-5H,6,8H2;3H,1-2H2,(H,5,6). The van der Waals surface area contributed by atoms with Gasteiger partial charge < -0.3 is 10.8 Å². The Hall–Kier alpha value is -1.35. The van der Waals surface area contributed by atoms with Gasteiger partial charge in [-0.05, 0) is 18.4 Å². The van der Waals surface area contributed by atoms with Crippen molar-refractivity contribution < 1.29 is 9.90 Å². The predicted octanol–water partition coefficient (Wildman–Crippen LogP) is 1.63. The Balaban J connectivity index is 0.000000146. The molecule has 0 radical (unpaired) electrons. The van der Waals surface area contributed by atoms with E-state index in [2.05, 4.69) is 0 Å². The Morgan fingerprint density at radius 2 is 1.93 bits per heavy atom. The summed E-state index contributed by atoms with van der Waals surface area (Å²) in [6.07, 6.45) is 1.80. The molecule has 1 aromatic carbocycles. The highest BCUT2D eigenvalue weighted by Gasteiger charge is 2.28. The Bertz CT molecular complexity index is 281. The number of carbonyl (C=O) groups is 1. The second-order valence-corrected chi connectivity index (χ2v) is 3.30. The molecular formula is C11H15NO2. The summed E-state index contributed by atoms with van der Waals surface area (Å²) in [5.41, 5.74) is 6.54. The van der Waals surface area contributed by atoms with Crippen molar-refractivity contribution >= 4 is 5.97 Å². The summed E-state index contributed by atoms with van der Waals surface area (Å²) in [5.74, 6) is -0.611. The zero-order chi connectivity index (χ0) is 10.4. The van der Waals surface area contributed by atoms with Gasteiger partial charge in [0.15, 0.2) is 0 Å². The number of rotatable bonds is 2.